The van der Waals surface area contributed by atoms with Gasteiger partial charge < -0.3 is 15.3 Å². The first-order valence-corrected chi connectivity index (χ1v) is 13.6. The molecular formula is C16H34FGeHfO3-. The molecule has 0 radical (unpaired) electrons. The average molecular weight is 545 g/mol. The molecule has 22 heavy (non-hydrogen) atoms. The fourth-order valence-electron chi connectivity index (χ4n) is 0.770. The summed E-state index contributed by atoms with van der Waals surface area (Å²) in [5, 5.41) is 23.6. The molecule has 0 aliphatic rings. The number of rotatable bonds is 4. The van der Waals surface area contributed by atoms with Crippen LogP contribution in [0.4, 0.5) is 3.50 Å². The summed E-state index contributed by atoms with van der Waals surface area (Å²) in [6, 6.07) is 7.53. The van der Waals surface area contributed by atoms with Gasteiger partial charge in [-0.25, -0.2) is 0 Å². The normalized spacial score (nSPS) is 8.95. The molecule has 0 heterocycles. The van der Waals surface area contributed by atoms with Gasteiger partial charge in [-0.05, 0) is 19.3 Å². The molecule has 0 aliphatic heterocycles. The third-order valence-corrected chi connectivity index (χ3v) is 5.60. The summed E-state index contributed by atoms with van der Waals surface area (Å²) in [5.41, 5.74) is 0. The van der Waals surface area contributed by atoms with E-state index in [0.29, 0.717) is 19.8 Å². The van der Waals surface area contributed by atoms with Crippen molar-refractivity contribution in [2.75, 3.05) is 19.8 Å². The van der Waals surface area contributed by atoms with Gasteiger partial charge in [-0.3, -0.25) is 0 Å². The number of aliphatic hydroxyl groups is 3. The van der Waals surface area contributed by atoms with E-state index in [4.69, 9.17) is 15.3 Å². The maximum atomic E-state index is 13.1. The van der Waals surface area contributed by atoms with E-state index < -0.39 is 13.7 Å². The van der Waals surface area contributed by atoms with Gasteiger partial charge >= 0.3 is 57.4 Å². The van der Waals surface area contributed by atoms with Crippen LogP contribution in [0.15, 0.2) is 24.3 Å². The van der Waals surface area contributed by atoms with Crippen LogP contribution in [0, 0.1) is 0 Å². The van der Waals surface area contributed by atoms with E-state index in [2.05, 4.69) is 0 Å². The van der Waals surface area contributed by atoms with Crippen LogP contribution >= 0.6 is 0 Å². The van der Waals surface area contributed by atoms with Gasteiger partial charge in [0.05, 0.1) is 0 Å². The number of halogens is 1. The molecule has 132 valence electrons. The van der Waals surface area contributed by atoms with E-state index in [1.165, 1.54) is 0 Å². The van der Waals surface area contributed by atoms with Crippen molar-refractivity contribution < 1.29 is 44.7 Å². The number of hydrogen-bond donors (Lipinski definition) is 3. The first kappa shape index (κ1) is 30.5. The van der Waals surface area contributed by atoms with Crippen LogP contribution in [-0.4, -0.2) is 48.9 Å². The summed E-state index contributed by atoms with van der Waals surface area (Å²) in [6.45, 7) is 6.75. The predicted octanol–water partition coefficient (Wildman–Crippen LogP) is 2.95. The van der Waals surface area contributed by atoms with Gasteiger partial charge in [0.25, 0.3) is 0 Å². The summed E-state index contributed by atoms with van der Waals surface area (Å²) in [7, 11) is 0. The molecule has 1 rings (SSSR count). The fourth-order valence-corrected chi connectivity index (χ4v) is 2.84. The zero-order valence-electron chi connectivity index (χ0n) is 14.8. The molecule has 1 aromatic carbocycles. The number of aliphatic hydroxyl groups excluding tert-OH is 3. The molecule has 0 bridgehead atoms. The van der Waals surface area contributed by atoms with Crippen molar-refractivity contribution in [3.8, 4) is 0 Å². The maximum Gasteiger partial charge on any atom is 0 e. The van der Waals surface area contributed by atoms with E-state index in [0.717, 1.165) is 23.7 Å². The Morgan fingerprint density at radius 2 is 1.05 bits per heavy atom. The summed E-state index contributed by atoms with van der Waals surface area (Å²) in [5.74, 6) is 3.49. The quantitative estimate of drug-likeness (QED) is 0.404. The average Bonchev–Trinajstić information content (AvgIpc) is 3.02. The van der Waals surface area contributed by atoms with Crippen molar-refractivity contribution in [2.24, 2.45) is 0 Å². The molecule has 3 N–H and O–H groups in total. The van der Waals surface area contributed by atoms with Gasteiger partial charge in [0.1, 0.15) is 0 Å². The van der Waals surface area contributed by atoms with E-state index in [9.17, 15) is 3.50 Å². The molecule has 0 unspecified atom stereocenters. The second-order valence-corrected chi connectivity index (χ2v) is 12.2. The molecule has 3 nitrogen and oxygen atoms in total. The fraction of sp³-hybridized carbons (Fsp3) is 0.688. The molecule has 6 heteroatoms. The molecule has 1 aromatic rings. The topological polar surface area (TPSA) is 60.7 Å². The van der Waals surface area contributed by atoms with Gasteiger partial charge in [-0.1, -0.05) is 20.8 Å². The van der Waals surface area contributed by atoms with Crippen LogP contribution in [0.5, 0.6) is 0 Å². The van der Waals surface area contributed by atoms with Gasteiger partial charge in [-0.2, -0.15) is 0 Å². The Balaban J connectivity index is -0.000000107. The SMILES string of the molecule is CCCO.CCCO.CCCO.[CH3][Ge]([CH3])([F])[c-]1cccc1.[Hf]. The van der Waals surface area contributed by atoms with Crippen LogP contribution in [-0.2, 0) is 25.8 Å². The van der Waals surface area contributed by atoms with E-state index >= 15 is 0 Å². The van der Waals surface area contributed by atoms with Crippen molar-refractivity contribution in [2.45, 2.75) is 51.5 Å². The summed E-state index contributed by atoms with van der Waals surface area (Å²) >= 11 is -2.94. The molecule has 0 saturated heterocycles. The van der Waals surface area contributed by atoms with Crippen LogP contribution < -0.4 is 4.40 Å². The zero-order chi connectivity index (χ0) is 17.1. The second kappa shape index (κ2) is 23.8. The minimum absolute atomic E-state index is 0. The van der Waals surface area contributed by atoms with Gasteiger partial charge in [0.15, 0.2) is 0 Å². The molecule has 0 aromatic heterocycles. The minimum Gasteiger partial charge on any atom is 0 e. The second-order valence-electron chi connectivity index (χ2n) is 4.82. The molecule has 0 amide bonds. The molecule has 0 aliphatic carbocycles. The molecule has 0 fully saturated rings. The summed E-state index contributed by atoms with van der Waals surface area (Å²) < 4.78 is 14.1. The largest absolute Gasteiger partial charge is 0 e. The first-order chi connectivity index (χ1) is 9.85. The smallest absolute Gasteiger partial charge is 0 e. The van der Waals surface area contributed by atoms with E-state index in [-0.39, 0.29) is 25.8 Å². The van der Waals surface area contributed by atoms with Gasteiger partial charge in [0, 0.05) is 45.7 Å². The summed E-state index contributed by atoms with van der Waals surface area (Å²) in [6.07, 6.45) is 2.62. The van der Waals surface area contributed by atoms with Gasteiger partial charge in [-0.15, -0.1) is 0 Å². The van der Waals surface area contributed by atoms with Crippen molar-refractivity contribution in [1.82, 2.24) is 0 Å². The molecule has 0 atom stereocenters. The van der Waals surface area contributed by atoms with Crippen LogP contribution in [0.3, 0.4) is 0 Å². The van der Waals surface area contributed by atoms with Crippen LogP contribution in [0.2, 0.25) is 11.5 Å². The first-order valence-electron chi connectivity index (χ1n) is 7.59. The predicted molar refractivity (Wildman–Crippen MR) is 92.4 cm³/mol. The molecular weight excluding hydrogens is 510 g/mol. The summed E-state index contributed by atoms with van der Waals surface area (Å²) in [4.78, 5) is 0. The molecule has 0 saturated carbocycles. The Bertz CT molecular complexity index is 249. The van der Waals surface area contributed by atoms with Crippen LogP contribution in [0.25, 0.3) is 0 Å². The Morgan fingerprint density at radius 1 is 0.818 bits per heavy atom. The Hall–Kier alpha value is 0.573. The Labute approximate surface area is 158 Å². The van der Waals surface area contributed by atoms with Crippen molar-refractivity contribution in [1.29, 1.82) is 0 Å². The minimum atomic E-state index is -2.94. The molecule has 0 spiro atoms. The monoisotopic (exact) mass is 547 g/mol. The van der Waals surface area contributed by atoms with Gasteiger partial charge in [0.2, 0.25) is 0 Å². The third-order valence-electron chi connectivity index (χ3n) is 2.02. The zero-order valence-corrected chi connectivity index (χ0v) is 20.5. The Kier molecular flexibility index (Phi) is 33.0. The van der Waals surface area contributed by atoms with Crippen LogP contribution in [0.1, 0.15) is 40.0 Å². The van der Waals surface area contributed by atoms with E-state index in [1.54, 1.807) is 11.5 Å². The standard InChI is InChI=1S/C7H10FGe.3C3H8O.Hf/c1-9(2,8)7-5-3-4-6-7;3*1-2-3-4;/h3-6H,1-2H3;3*4H,2-3H2,1H3;/q-1;;;;. The van der Waals surface area contributed by atoms with Crippen molar-refractivity contribution >= 4 is 18.1 Å². The Morgan fingerprint density at radius 3 is 1.14 bits per heavy atom. The van der Waals surface area contributed by atoms with Crippen molar-refractivity contribution in [3.63, 3.8) is 0 Å². The van der Waals surface area contributed by atoms with E-state index in [1.807, 2.05) is 45.0 Å². The van der Waals surface area contributed by atoms with Crippen molar-refractivity contribution in [3.05, 3.63) is 24.3 Å². The maximum absolute atomic E-state index is 13.1. The number of hydrogen-bond acceptors (Lipinski definition) is 3. The third kappa shape index (κ3) is 28.7.